The zero-order chi connectivity index (χ0) is 16.8. The van der Waals surface area contributed by atoms with E-state index in [4.69, 9.17) is 5.53 Å². The number of nitrogens with zero attached hydrogens (tertiary/aromatic N) is 3. The van der Waals surface area contributed by atoms with Crippen molar-refractivity contribution in [1.82, 2.24) is 0 Å². The van der Waals surface area contributed by atoms with Gasteiger partial charge in [-0.05, 0) is 31.4 Å². The molecule has 118 valence electrons. The maximum atomic E-state index is 12.6. The lowest BCUT2D eigenvalue weighted by Gasteiger charge is -2.12. The van der Waals surface area contributed by atoms with Crippen molar-refractivity contribution >= 4 is 16.7 Å². The second-order valence-corrected chi connectivity index (χ2v) is 7.45. The van der Waals surface area contributed by atoms with Crippen LogP contribution in [0.3, 0.4) is 0 Å². The molecule has 0 bridgehead atoms. The molecule has 0 amide bonds. The number of carbonyl (C=O) groups is 1. The van der Waals surface area contributed by atoms with Gasteiger partial charge in [-0.25, -0.2) is 0 Å². The highest BCUT2D eigenvalue weighted by Crippen LogP contribution is 2.26. The summed E-state index contributed by atoms with van der Waals surface area (Å²) in [5, 5.41) is 3.74. The molecule has 0 heterocycles. The van der Waals surface area contributed by atoms with Gasteiger partial charge in [-0.3, -0.25) is 4.79 Å². The predicted octanol–water partition coefficient (Wildman–Crippen LogP) is 4.74. The summed E-state index contributed by atoms with van der Waals surface area (Å²) in [6.07, 6.45) is 0. The van der Waals surface area contributed by atoms with E-state index in [1.165, 1.54) is 5.56 Å². The Morgan fingerprint density at radius 2 is 1.74 bits per heavy atom. The molecule has 2 rings (SSSR count). The maximum Gasteiger partial charge on any atom is 0.212 e. The fourth-order valence-electron chi connectivity index (χ4n) is 2.77. The number of Topliss-reactive ketones (excluding diaryl/α,β-unsaturated/α-hetero) is 1. The Balaban J connectivity index is 2.35. The van der Waals surface area contributed by atoms with Gasteiger partial charge in [0.2, 0.25) is 5.78 Å². The van der Waals surface area contributed by atoms with Gasteiger partial charge in [0, 0.05) is 32.5 Å². The third-order valence-corrected chi connectivity index (χ3v) is 5.83. The van der Waals surface area contributed by atoms with Crippen molar-refractivity contribution in [1.29, 1.82) is 0 Å². The third kappa shape index (κ3) is 4.38. The Hall–Kier alpha value is -2.23. The lowest BCUT2D eigenvalue weighted by Crippen LogP contribution is -2.21. The van der Waals surface area contributed by atoms with E-state index in [0.29, 0.717) is 17.2 Å². The molecule has 0 N–H and O–H groups in total. The molecule has 0 aliphatic carbocycles. The number of ketones is 1. The Kier molecular flexibility index (Phi) is 5.85. The second kappa shape index (κ2) is 7.86. The van der Waals surface area contributed by atoms with Crippen molar-refractivity contribution in [2.45, 2.75) is 25.7 Å². The van der Waals surface area contributed by atoms with Crippen LogP contribution in [0.4, 0.5) is 0 Å². The van der Waals surface area contributed by atoms with E-state index in [9.17, 15) is 4.79 Å². The van der Waals surface area contributed by atoms with Crippen LogP contribution in [0.2, 0.25) is 0 Å². The summed E-state index contributed by atoms with van der Waals surface area (Å²) in [6, 6.07) is 13.5. The van der Waals surface area contributed by atoms with Crippen molar-refractivity contribution in [2.75, 3.05) is 11.6 Å². The Morgan fingerprint density at radius 1 is 1.13 bits per heavy atom. The molecule has 4 nitrogen and oxygen atoms in total. The summed E-state index contributed by atoms with van der Waals surface area (Å²) in [6.45, 7) is 6.17. The molecule has 0 radical (unpaired) electrons. The topological polar surface area (TPSA) is 65.8 Å². The summed E-state index contributed by atoms with van der Waals surface area (Å²) < 4.78 is 0. The highest BCUT2D eigenvalue weighted by molar-refractivity contribution is 7.97. The number of aryl methyl sites for hydroxylation is 3. The summed E-state index contributed by atoms with van der Waals surface area (Å²) in [5.74, 6) is 0.773. The third-order valence-electron chi connectivity index (χ3n) is 3.57. The lowest BCUT2D eigenvalue weighted by atomic mass is 10.1. The van der Waals surface area contributed by atoms with Crippen LogP contribution in [-0.4, -0.2) is 17.4 Å². The first-order valence-electron chi connectivity index (χ1n) is 7.37. The molecule has 2 aromatic rings. The first-order valence-corrected chi connectivity index (χ1v) is 8.93. The normalized spacial score (nSPS) is 11.6. The smallest absolute Gasteiger partial charge is 0.212 e. The Morgan fingerprint density at radius 3 is 2.30 bits per heavy atom. The largest absolute Gasteiger partial charge is 0.289 e. The fourth-order valence-corrected chi connectivity index (χ4v) is 4.83. The molecule has 0 aliphatic rings. The molecular formula is C18H20N3OS+. The monoisotopic (exact) mass is 326 g/mol. The molecule has 0 aliphatic heterocycles. The van der Waals surface area contributed by atoms with E-state index in [1.54, 1.807) is 0 Å². The minimum absolute atomic E-state index is 0.0847. The van der Waals surface area contributed by atoms with E-state index >= 15 is 0 Å². The molecule has 1 atom stereocenters. The van der Waals surface area contributed by atoms with Crippen molar-refractivity contribution < 1.29 is 4.79 Å². The van der Waals surface area contributed by atoms with Gasteiger partial charge < -0.3 is 0 Å². The standard InChI is InChI=1S/C18H20N3OS/c1-13-9-14(2)18(15(3)10-13)23(12-20-21-19)11-17(22)16-7-5-4-6-8-16/h4-10H,11-12H2,1-3H3/q+1. The van der Waals surface area contributed by atoms with Crippen LogP contribution in [0, 0.1) is 20.8 Å². The Bertz CT molecular complexity index is 729. The maximum absolute atomic E-state index is 12.6. The van der Waals surface area contributed by atoms with Gasteiger partial charge in [0.1, 0.15) is 0 Å². The van der Waals surface area contributed by atoms with Crippen LogP contribution >= 0.6 is 0 Å². The van der Waals surface area contributed by atoms with Gasteiger partial charge in [-0.1, -0.05) is 48.0 Å². The zero-order valence-corrected chi connectivity index (χ0v) is 14.4. The van der Waals surface area contributed by atoms with E-state index in [0.717, 1.165) is 16.0 Å². The number of azide groups is 1. The molecule has 5 heteroatoms. The SMILES string of the molecule is Cc1cc(C)c([S+](CN=[N+]=[N-])CC(=O)c2ccccc2)c(C)c1. The quantitative estimate of drug-likeness (QED) is 0.248. The van der Waals surface area contributed by atoms with Crippen LogP contribution in [-0.2, 0) is 10.9 Å². The van der Waals surface area contributed by atoms with Crippen molar-refractivity contribution in [3.63, 3.8) is 0 Å². The highest BCUT2D eigenvalue weighted by atomic mass is 32.2. The molecular weight excluding hydrogens is 306 g/mol. The second-order valence-electron chi connectivity index (χ2n) is 5.51. The van der Waals surface area contributed by atoms with Gasteiger partial charge in [0.15, 0.2) is 16.5 Å². The molecule has 0 saturated carbocycles. The van der Waals surface area contributed by atoms with Gasteiger partial charge in [0.25, 0.3) is 0 Å². The fraction of sp³-hybridized carbons (Fsp3) is 0.278. The van der Waals surface area contributed by atoms with Gasteiger partial charge in [0.05, 0.1) is 0 Å². The molecule has 23 heavy (non-hydrogen) atoms. The molecule has 0 spiro atoms. The summed E-state index contributed by atoms with van der Waals surface area (Å²) in [7, 11) is -0.420. The first kappa shape index (κ1) is 17.1. The zero-order valence-electron chi connectivity index (χ0n) is 13.6. The number of hydrogen-bond donors (Lipinski definition) is 0. The predicted molar refractivity (Wildman–Crippen MR) is 95.9 cm³/mol. The molecule has 2 aromatic carbocycles. The summed E-state index contributed by atoms with van der Waals surface area (Å²) >= 11 is 0. The van der Waals surface area contributed by atoms with Gasteiger partial charge >= 0.3 is 0 Å². The average Bonchev–Trinajstić information content (AvgIpc) is 2.52. The molecule has 0 aromatic heterocycles. The first-order chi connectivity index (χ1) is 11.0. The summed E-state index contributed by atoms with van der Waals surface area (Å²) in [4.78, 5) is 16.6. The van der Waals surface area contributed by atoms with E-state index in [2.05, 4.69) is 42.9 Å². The van der Waals surface area contributed by atoms with E-state index < -0.39 is 10.9 Å². The van der Waals surface area contributed by atoms with E-state index in [1.807, 2.05) is 30.3 Å². The highest BCUT2D eigenvalue weighted by Gasteiger charge is 2.29. The van der Waals surface area contributed by atoms with Crippen LogP contribution in [0.15, 0.2) is 52.5 Å². The molecule has 0 saturated heterocycles. The molecule has 0 fully saturated rings. The average molecular weight is 326 g/mol. The number of hydrogen-bond acceptors (Lipinski definition) is 2. The minimum atomic E-state index is -0.420. The Labute approximate surface area is 139 Å². The van der Waals surface area contributed by atoms with Gasteiger partial charge in [-0.2, -0.15) is 0 Å². The lowest BCUT2D eigenvalue weighted by molar-refractivity contribution is 0.102. The van der Waals surface area contributed by atoms with Crippen LogP contribution in [0.25, 0.3) is 10.4 Å². The van der Waals surface area contributed by atoms with Crippen molar-refractivity contribution in [2.24, 2.45) is 5.11 Å². The number of carbonyl (C=O) groups excluding carboxylic acids is 1. The number of benzene rings is 2. The van der Waals surface area contributed by atoms with Crippen LogP contribution in [0.5, 0.6) is 0 Å². The summed E-state index contributed by atoms with van der Waals surface area (Å²) in [5.41, 5.74) is 12.9. The van der Waals surface area contributed by atoms with Crippen molar-refractivity contribution in [3.8, 4) is 0 Å². The van der Waals surface area contributed by atoms with Crippen LogP contribution < -0.4 is 0 Å². The van der Waals surface area contributed by atoms with Crippen molar-refractivity contribution in [3.05, 3.63) is 75.2 Å². The number of rotatable bonds is 6. The van der Waals surface area contributed by atoms with E-state index in [-0.39, 0.29) is 5.78 Å². The molecule has 1 unspecified atom stereocenters. The van der Waals surface area contributed by atoms with Gasteiger partial charge in [-0.15, -0.1) is 0 Å². The van der Waals surface area contributed by atoms with Crippen LogP contribution in [0.1, 0.15) is 27.0 Å². The minimum Gasteiger partial charge on any atom is -0.289 e.